The Kier molecular flexibility index (Phi) is 13.5. The van der Waals surface area contributed by atoms with Crippen LogP contribution in [-0.4, -0.2) is 90.8 Å². The lowest BCUT2D eigenvalue weighted by Gasteiger charge is -2.36. The number of hydrogen-bond donors (Lipinski definition) is 0. The third kappa shape index (κ3) is 10.7. The predicted octanol–water partition coefficient (Wildman–Crippen LogP) is 8.32. The molecule has 2 aromatic carbocycles. The Morgan fingerprint density at radius 3 is 2.02 bits per heavy atom. The molecule has 2 heterocycles. The van der Waals surface area contributed by atoms with Gasteiger partial charge in [0.05, 0.1) is 4.90 Å². The van der Waals surface area contributed by atoms with Gasteiger partial charge in [0.25, 0.3) is 0 Å². The molecule has 0 unspecified atom stereocenters. The van der Waals surface area contributed by atoms with Gasteiger partial charge in [-0.2, -0.15) is 0 Å². The van der Waals surface area contributed by atoms with Gasteiger partial charge in [0.1, 0.15) is 11.6 Å². The zero-order valence-electron chi connectivity index (χ0n) is 27.4. The molecule has 45 heavy (non-hydrogen) atoms. The highest BCUT2D eigenvalue weighted by Gasteiger charge is 2.25. The van der Waals surface area contributed by atoms with E-state index < -0.39 is 11.6 Å². The molecule has 5 rings (SSSR count). The molecule has 1 saturated carbocycles. The summed E-state index contributed by atoms with van der Waals surface area (Å²) in [6.45, 7) is 13.1. The maximum Gasteiger partial charge on any atom is 0.143 e. The van der Waals surface area contributed by atoms with Crippen LogP contribution in [0.3, 0.4) is 0 Å². The summed E-state index contributed by atoms with van der Waals surface area (Å²) in [5, 5.41) is 0. The normalized spacial score (nSPS) is 21.8. The van der Waals surface area contributed by atoms with Crippen molar-refractivity contribution < 1.29 is 8.78 Å². The first-order valence-corrected chi connectivity index (χ1v) is 18.6. The number of benzene rings is 2. The van der Waals surface area contributed by atoms with E-state index in [2.05, 4.69) is 54.7 Å². The first-order valence-electron chi connectivity index (χ1n) is 17.0. The Balaban J connectivity index is 1.25. The summed E-state index contributed by atoms with van der Waals surface area (Å²) in [7, 11) is 3.60. The van der Waals surface area contributed by atoms with Crippen LogP contribution in [0.5, 0.6) is 0 Å². The topological polar surface area (TPSA) is 16.2 Å². The summed E-state index contributed by atoms with van der Waals surface area (Å²) in [5.74, 6) is 0.424. The van der Waals surface area contributed by atoms with Crippen LogP contribution in [0.25, 0.3) is 0 Å². The standard InChI is InChI=1S/C36H53F2N5S2/c1-29-26-42(44-36-34(37)24-33(39(2)3)25-35(36)38)20-10-18-40(28-30-12-6-4-7-13-30)19-11-21-43(27-29)45-41-22-16-32(17-23-41)31-14-8-5-9-15-31/h5,8-9,14-15,24-25,30,32H,1,4,6-7,10-13,16-23,26-28H2,2-3H3. The van der Waals surface area contributed by atoms with Crippen molar-refractivity contribution >= 4 is 29.8 Å². The first-order chi connectivity index (χ1) is 21.8. The molecule has 3 aliphatic rings. The molecule has 248 valence electrons. The maximum absolute atomic E-state index is 15.2. The van der Waals surface area contributed by atoms with Crippen molar-refractivity contribution in [1.82, 2.24) is 17.8 Å². The fourth-order valence-corrected chi connectivity index (χ4v) is 9.18. The Hall–Kier alpha value is -1.62. The minimum atomic E-state index is -0.504. The van der Waals surface area contributed by atoms with Crippen LogP contribution in [0.2, 0.25) is 0 Å². The van der Waals surface area contributed by atoms with Gasteiger partial charge >= 0.3 is 0 Å². The molecule has 0 atom stereocenters. The third-order valence-corrected chi connectivity index (χ3v) is 11.8. The lowest BCUT2D eigenvalue weighted by Crippen LogP contribution is -2.38. The minimum Gasteiger partial charge on any atom is -0.377 e. The van der Waals surface area contributed by atoms with Crippen molar-refractivity contribution in [3.63, 3.8) is 0 Å². The average Bonchev–Trinajstić information content (AvgIpc) is 3.03. The van der Waals surface area contributed by atoms with Crippen LogP contribution in [0.4, 0.5) is 14.5 Å². The lowest BCUT2D eigenvalue weighted by atomic mass is 9.89. The van der Waals surface area contributed by atoms with E-state index in [0.29, 0.717) is 18.2 Å². The van der Waals surface area contributed by atoms with Crippen molar-refractivity contribution in [1.29, 1.82) is 0 Å². The van der Waals surface area contributed by atoms with E-state index in [1.807, 2.05) is 12.1 Å². The van der Waals surface area contributed by atoms with Crippen LogP contribution in [-0.2, 0) is 0 Å². The summed E-state index contributed by atoms with van der Waals surface area (Å²) in [4.78, 5) is 4.49. The summed E-state index contributed by atoms with van der Waals surface area (Å²) >= 11 is 3.10. The molecule has 0 amide bonds. The number of halogens is 2. The van der Waals surface area contributed by atoms with Gasteiger partial charge in [0.15, 0.2) is 0 Å². The Morgan fingerprint density at radius 1 is 0.756 bits per heavy atom. The van der Waals surface area contributed by atoms with Crippen molar-refractivity contribution in [2.45, 2.75) is 68.6 Å². The van der Waals surface area contributed by atoms with E-state index in [1.165, 1.54) is 81.1 Å². The average molecular weight is 658 g/mol. The van der Waals surface area contributed by atoms with Gasteiger partial charge in [-0.05, 0) is 98.7 Å². The molecule has 0 aromatic heterocycles. The molecule has 0 bridgehead atoms. The molecule has 3 fully saturated rings. The van der Waals surface area contributed by atoms with E-state index in [-0.39, 0.29) is 4.90 Å². The monoisotopic (exact) mass is 657 g/mol. The van der Waals surface area contributed by atoms with Crippen LogP contribution >= 0.6 is 24.1 Å². The highest BCUT2D eigenvalue weighted by molar-refractivity contribution is 7.97. The molecule has 0 radical (unpaired) electrons. The second-order valence-corrected chi connectivity index (χ2v) is 15.7. The number of nitrogens with zero attached hydrogens (tertiary/aromatic N) is 5. The highest BCUT2D eigenvalue weighted by atomic mass is 32.2. The third-order valence-electron chi connectivity index (χ3n) is 9.48. The molecular weight excluding hydrogens is 605 g/mol. The van der Waals surface area contributed by atoms with Gasteiger partial charge < -0.3 is 9.80 Å². The molecule has 2 saturated heterocycles. The molecule has 2 aromatic rings. The van der Waals surface area contributed by atoms with E-state index in [0.717, 1.165) is 70.1 Å². The number of hydrogen-bond acceptors (Lipinski definition) is 7. The molecule has 1 aliphatic carbocycles. The van der Waals surface area contributed by atoms with Crippen LogP contribution < -0.4 is 4.90 Å². The zero-order valence-corrected chi connectivity index (χ0v) is 29.1. The SMILES string of the molecule is C=C1CN(Sc2c(F)cc(N(C)C)cc2F)CCCN(CC2CCCCC2)CCCN(SN2CCC(c3ccccc3)CC2)C1. The van der Waals surface area contributed by atoms with Crippen molar-refractivity contribution in [3.05, 3.63) is 71.8 Å². The van der Waals surface area contributed by atoms with Gasteiger partial charge in [0, 0.05) is 77.7 Å². The maximum atomic E-state index is 15.2. The number of piperidine rings is 1. The minimum absolute atomic E-state index is 0.0760. The predicted molar refractivity (Wildman–Crippen MR) is 189 cm³/mol. The molecule has 9 heteroatoms. The Labute approximate surface area is 279 Å². The number of rotatable bonds is 8. The highest BCUT2D eigenvalue weighted by Crippen LogP contribution is 2.34. The molecule has 2 aliphatic heterocycles. The summed E-state index contributed by atoms with van der Waals surface area (Å²) < 4.78 is 37.5. The van der Waals surface area contributed by atoms with Gasteiger partial charge in [-0.1, -0.05) is 56.2 Å². The quantitative estimate of drug-likeness (QED) is 0.207. The molecule has 0 spiro atoms. The first kappa shape index (κ1) is 34.7. The van der Waals surface area contributed by atoms with Gasteiger partial charge in [-0.3, -0.25) is 0 Å². The van der Waals surface area contributed by atoms with Crippen molar-refractivity contribution in [2.75, 3.05) is 77.9 Å². The van der Waals surface area contributed by atoms with Crippen molar-refractivity contribution in [2.24, 2.45) is 5.92 Å². The van der Waals surface area contributed by atoms with E-state index >= 15 is 8.78 Å². The van der Waals surface area contributed by atoms with Gasteiger partial charge in [-0.15, -0.1) is 0 Å². The molecular formula is C36H53F2N5S2. The van der Waals surface area contributed by atoms with Crippen molar-refractivity contribution in [3.8, 4) is 0 Å². The molecule has 5 nitrogen and oxygen atoms in total. The van der Waals surface area contributed by atoms with Crippen LogP contribution in [0.1, 0.15) is 69.3 Å². The largest absolute Gasteiger partial charge is 0.377 e. The molecule has 0 N–H and O–H groups in total. The smallest absolute Gasteiger partial charge is 0.143 e. The van der Waals surface area contributed by atoms with E-state index in [9.17, 15) is 0 Å². The van der Waals surface area contributed by atoms with Crippen LogP contribution in [0, 0.1) is 17.6 Å². The fraction of sp³-hybridized carbons (Fsp3) is 0.611. The van der Waals surface area contributed by atoms with E-state index in [4.69, 9.17) is 0 Å². The lowest BCUT2D eigenvalue weighted by molar-refractivity contribution is 0.189. The van der Waals surface area contributed by atoms with Gasteiger partial charge in [-0.25, -0.2) is 21.7 Å². The Bertz CT molecular complexity index is 1180. The second kappa shape index (κ2) is 17.5. The second-order valence-electron chi connectivity index (χ2n) is 13.4. The Morgan fingerprint density at radius 2 is 1.38 bits per heavy atom. The van der Waals surface area contributed by atoms with Crippen LogP contribution in [0.15, 0.2) is 59.5 Å². The summed E-state index contributed by atoms with van der Waals surface area (Å²) in [6, 6.07) is 13.8. The van der Waals surface area contributed by atoms with E-state index in [1.54, 1.807) is 19.0 Å². The van der Waals surface area contributed by atoms with Gasteiger partial charge in [0.2, 0.25) is 0 Å². The summed E-state index contributed by atoms with van der Waals surface area (Å²) in [6.07, 6.45) is 11.3. The fourth-order valence-electron chi connectivity index (χ4n) is 7.01. The zero-order chi connectivity index (χ0) is 31.6. The summed E-state index contributed by atoms with van der Waals surface area (Å²) in [5.41, 5.74) is 3.08. The number of anilines is 1.